The number of rotatable bonds is 16. The predicted octanol–water partition coefficient (Wildman–Crippen LogP) is 6.11. The molecule has 2 aromatic rings. The van der Waals surface area contributed by atoms with Gasteiger partial charge in [-0.25, -0.2) is 14.4 Å². The Morgan fingerprint density at radius 3 is 2.28 bits per heavy atom. The Balaban J connectivity index is 1.78. The third-order valence-electron chi connectivity index (χ3n) is 5.34. The van der Waals surface area contributed by atoms with Crippen LogP contribution in [0.25, 0.3) is 6.08 Å². The summed E-state index contributed by atoms with van der Waals surface area (Å²) in [5.41, 5.74) is 1.45. The predicted molar refractivity (Wildman–Crippen MR) is 149 cm³/mol. The first-order valence-electron chi connectivity index (χ1n) is 12.8. The minimum Gasteiger partial charge on any atom is -0.494 e. The molecule has 8 nitrogen and oxygen atoms in total. The highest BCUT2D eigenvalue weighted by atomic mass is 16.6. The van der Waals surface area contributed by atoms with Gasteiger partial charge in [0.05, 0.1) is 25.9 Å². The van der Waals surface area contributed by atoms with Gasteiger partial charge in [0.15, 0.2) is 11.5 Å². The highest BCUT2D eigenvalue weighted by molar-refractivity contribution is 5.91. The Kier molecular flexibility index (Phi) is 13.6. The van der Waals surface area contributed by atoms with Crippen molar-refractivity contribution in [2.75, 3.05) is 26.9 Å². The smallest absolute Gasteiger partial charge is 0.343 e. The number of carbonyl (C=O) groups excluding carboxylic acids is 3. The summed E-state index contributed by atoms with van der Waals surface area (Å²) in [5, 5.41) is 0. The van der Waals surface area contributed by atoms with Crippen molar-refractivity contribution in [2.45, 2.75) is 39.5 Å². The quantitative estimate of drug-likeness (QED) is 0.0834. The molecule has 0 heterocycles. The maximum atomic E-state index is 12.6. The summed E-state index contributed by atoms with van der Waals surface area (Å²) < 4.78 is 26.7. The van der Waals surface area contributed by atoms with E-state index in [-0.39, 0.29) is 18.3 Å². The third kappa shape index (κ3) is 11.7. The second-order valence-corrected chi connectivity index (χ2v) is 8.54. The molecular formula is C31H36O8. The van der Waals surface area contributed by atoms with Gasteiger partial charge in [0, 0.05) is 11.6 Å². The van der Waals surface area contributed by atoms with E-state index >= 15 is 0 Å². The molecule has 0 bridgehead atoms. The Morgan fingerprint density at radius 1 is 0.897 bits per heavy atom. The number of hydrogen-bond acceptors (Lipinski definition) is 8. The molecule has 0 unspecified atom stereocenters. The summed E-state index contributed by atoms with van der Waals surface area (Å²) in [5.74, 6) is -0.101. The van der Waals surface area contributed by atoms with Crippen LogP contribution in [-0.2, 0) is 19.1 Å². The third-order valence-corrected chi connectivity index (χ3v) is 5.34. The fourth-order valence-electron chi connectivity index (χ4n) is 3.19. The van der Waals surface area contributed by atoms with Crippen molar-refractivity contribution >= 4 is 24.0 Å². The van der Waals surface area contributed by atoms with Crippen LogP contribution in [0.15, 0.2) is 72.8 Å². The number of benzene rings is 2. The molecule has 2 aromatic carbocycles. The van der Waals surface area contributed by atoms with E-state index < -0.39 is 11.9 Å². The van der Waals surface area contributed by atoms with E-state index in [1.54, 1.807) is 67.6 Å². The zero-order valence-electron chi connectivity index (χ0n) is 22.8. The Bertz CT molecular complexity index is 1160. The molecule has 8 heteroatoms. The maximum Gasteiger partial charge on any atom is 0.343 e. The fraction of sp³-hybridized carbons (Fsp3) is 0.323. The molecule has 0 atom stereocenters. The van der Waals surface area contributed by atoms with Crippen LogP contribution >= 0.6 is 0 Å². The van der Waals surface area contributed by atoms with Gasteiger partial charge in [-0.05, 0) is 87.6 Å². The summed E-state index contributed by atoms with van der Waals surface area (Å²) in [6, 6.07) is 11.7. The Hall–Kier alpha value is -4.33. The van der Waals surface area contributed by atoms with E-state index in [0.29, 0.717) is 41.4 Å². The van der Waals surface area contributed by atoms with Gasteiger partial charge < -0.3 is 23.7 Å². The second-order valence-electron chi connectivity index (χ2n) is 8.54. The number of unbranched alkanes of at least 4 members (excludes halogenated alkanes) is 3. The molecule has 0 saturated heterocycles. The number of esters is 3. The molecule has 0 radical (unpaired) electrons. The first kappa shape index (κ1) is 30.9. The molecule has 39 heavy (non-hydrogen) atoms. The lowest BCUT2D eigenvalue weighted by Gasteiger charge is -2.11. The normalized spacial score (nSPS) is 10.8. The second kappa shape index (κ2) is 17.2. The molecule has 2 rings (SSSR count). The van der Waals surface area contributed by atoms with Crippen LogP contribution in [0.1, 0.15) is 55.5 Å². The molecule has 0 saturated carbocycles. The van der Waals surface area contributed by atoms with Crippen molar-refractivity contribution in [1.82, 2.24) is 0 Å². The largest absolute Gasteiger partial charge is 0.494 e. The highest BCUT2D eigenvalue weighted by Gasteiger charge is 2.13. The summed E-state index contributed by atoms with van der Waals surface area (Å²) >= 11 is 0. The van der Waals surface area contributed by atoms with Crippen LogP contribution in [0.4, 0.5) is 0 Å². The molecule has 0 aliphatic rings. The van der Waals surface area contributed by atoms with E-state index in [2.05, 4.69) is 6.58 Å². The van der Waals surface area contributed by atoms with Gasteiger partial charge in [0.2, 0.25) is 0 Å². The van der Waals surface area contributed by atoms with Crippen molar-refractivity contribution in [2.24, 2.45) is 0 Å². The first-order valence-corrected chi connectivity index (χ1v) is 12.8. The number of ether oxygens (including phenoxy) is 5. The molecule has 0 amide bonds. The zero-order chi connectivity index (χ0) is 28.5. The molecule has 0 aromatic heterocycles. The topological polar surface area (TPSA) is 97.4 Å². The number of hydrogen-bond donors (Lipinski definition) is 0. The van der Waals surface area contributed by atoms with E-state index in [4.69, 9.17) is 23.7 Å². The fourth-order valence-corrected chi connectivity index (χ4v) is 3.19. The first-order chi connectivity index (χ1) is 18.8. The van der Waals surface area contributed by atoms with Crippen LogP contribution in [0.3, 0.4) is 0 Å². The maximum absolute atomic E-state index is 12.6. The number of carbonyl (C=O) groups is 3. The van der Waals surface area contributed by atoms with Crippen LogP contribution in [0.2, 0.25) is 0 Å². The van der Waals surface area contributed by atoms with Crippen molar-refractivity contribution in [3.8, 4) is 17.2 Å². The lowest BCUT2D eigenvalue weighted by atomic mass is 10.2. The Morgan fingerprint density at radius 2 is 1.62 bits per heavy atom. The van der Waals surface area contributed by atoms with E-state index in [0.717, 1.165) is 25.7 Å². The van der Waals surface area contributed by atoms with Gasteiger partial charge in [-0.3, -0.25) is 0 Å². The average Bonchev–Trinajstić information content (AvgIpc) is 2.94. The van der Waals surface area contributed by atoms with Gasteiger partial charge >= 0.3 is 17.9 Å². The molecule has 0 aliphatic heterocycles. The summed E-state index contributed by atoms with van der Waals surface area (Å²) in [4.78, 5) is 35.7. The molecule has 0 spiro atoms. The molecule has 0 N–H and O–H groups in total. The monoisotopic (exact) mass is 536 g/mol. The SMILES string of the molecule is C=C(C)C(=O)OCCCCCCOc1ccc(C(=O)Oc2ccc(C=CC(=O)OCC=CC)cc2OC)cc1. The van der Waals surface area contributed by atoms with Gasteiger partial charge in [-0.1, -0.05) is 24.8 Å². The van der Waals surface area contributed by atoms with Crippen LogP contribution in [0.5, 0.6) is 17.2 Å². The van der Waals surface area contributed by atoms with Crippen molar-refractivity contribution in [3.05, 3.63) is 84.0 Å². The molecule has 208 valence electrons. The van der Waals surface area contributed by atoms with Crippen LogP contribution < -0.4 is 14.2 Å². The van der Waals surface area contributed by atoms with Gasteiger partial charge in [0.25, 0.3) is 0 Å². The molecular weight excluding hydrogens is 500 g/mol. The van der Waals surface area contributed by atoms with Crippen molar-refractivity contribution in [3.63, 3.8) is 0 Å². The standard InChI is InChI=1S/C31H36O8/c1-5-6-19-37-29(32)18-12-24-11-17-27(28(22-24)35-4)39-31(34)25-13-15-26(16-14-25)36-20-9-7-8-10-21-38-30(33)23(2)3/h5-6,11-18,22H,2,7-10,19-21H2,1,3-4H3. The van der Waals surface area contributed by atoms with Crippen LogP contribution in [0, 0.1) is 0 Å². The van der Waals surface area contributed by atoms with Gasteiger partial charge in [0.1, 0.15) is 12.4 Å². The minimum absolute atomic E-state index is 0.211. The van der Waals surface area contributed by atoms with Crippen LogP contribution in [-0.4, -0.2) is 44.8 Å². The summed E-state index contributed by atoms with van der Waals surface area (Å²) in [6.45, 7) is 8.16. The highest BCUT2D eigenvalue weighted by Crippen LogP contribution is 2.29. The lowest BCUT2D eigenvalue weighted by molar-refractivity contribution is -0.139. The molecule has 0 fully saturated rings. The van der Waals surface area contributed by atoms with Crippen molar-refractivity contribution < 1.29 is 38.1 Å². The minimum atomic E-state index is -0.539. The van der Waals surface area contributed by atoms with Gasteiger partial charge in [-0.2, -0.15) is 0 Å². The average molecular weight is 537 g/mol. The summed E-state index contributed by atoms with van der Waals surface area (Å²) in [6.07, 6.45) is 9.98. The van der Waals surface area contributed by atoms with E-state index in [9.17, 15) is 14.4 Å². The van der Waals surface area contributed by atoms with Gasteiger partial charge in [-0.15, -0.1) is 0 Å². The number of methoxy groups -OCH3 is 1. The lowest BCUT2D eigenvalue weighted by Crippen LogP contribution is -2.09. The molecule has 0 aliphatic carbocycles. The van der Waals surface area contributed by atoms with E-state index in [1.807, 2.05) is 6.92 Å². The van der Waals surface area contributed by atoms with Crippen molar-refractivity contribution in [1.29, 1.82) is 0 Å². The summed E-state index contributed by atoms with van der Waals surface area (Å²) in [7, 11) is 1.47. The number of allylic oxidation sites excluding steroid dienone is 1. The zero-order valence-corrected chi connectivity index (χ0v) is 22.8. The van der Waals surface area contributed by atoms with E-state index in [1.165, 1.54) is 13.2 Å². The Labute approximate surface area is 229 Å².